The van der Waals surface area contributed by atoms with Crippen molar-refractivity contribution in [2.75, 3.05) is 0 Å². The van der Waals surface area contributed by atoms with Crippen molar-refractivity contribution in [2.24, 2.45) is 0 Å². The highest BCUT2D eigenvalue weighted by Crippen LogP contribution is 2.35. The minimum atomic E-state index is -1.39. The third kappa shape index (κ3) is 2.38. The van der Waals surface area contributed by atoms with E-state index in [-0.39, 0.29) is 15.7 Å². The highest BCUT2D eigenvalue weighted by molar-refractivity contribution is 7.21. The molecule has 2 N–H and O–H groups in total. The lowest BCUT2D eigenvalue weighted by Crippen LogP contribution is -2.47. The van der Waals surface area contributed by atoms with Crippen molar-refractivity contribution in [2.45, 2.75) is 12.5 Å². The first-order valence-corrected chi connectivity index (χ1v) is 8.80. The van der Waals surface area contributed by atoms with Crippen molar-refractivity contribution in [3.8, 4) is 0 Å². The second-order valence-electron chi connectivity index (χ2n) is 5.86. The van der Waals surface area contributed by atoms with Gasteiger partial charge in [-0.25, -0.2) is 4.79 Å². The predicted octanol–water partition coefficient (Wildman–Crippen LogP) is 3.26. The molecule has 3 aromatic rings. The molecule has 1 aliphatic heterocycles. The summed E-state index contributed by atoms with van der Waals surface area (Å²) >= 11 is 7.46. The zero-order valence-electron chi connectivity index (χ0n) is 13.4. The van der Waals surface area contributed by atoms with E-state index in [0.717, 1.165) is 10.1 Å². The van der Waals surface area contributed by atoms with Gasteiger partial charge in [0.25, 0.3) is 11.8 Å². The van der Waals surface area contributed by atoms with Gasteiger partial charge in [-0.15, -0.1) is 11.3 Å². The van der Waals surface area contributed by atoms with Crippen LogP contribution in [0.4, 0.5) is 4.79 Å². The number of urea groups is 1. The number of thiophene rings is 1. The summed E-state index contributed by atoms with van der Waals surface area (Å²) in [5.41, 5.74) is 0.940. The second kappa shape index (κ2) is 5.86. The minimum Gasteiger partial charge on any atom is -0.466 e. The Bertz CT molecular complexity index is 1050. The average Bonchev–Trinajstić information content (AvgIpc) is 3.32. The fraction of sp³-hybridized carbons (Fsp3) is 0.118. The van der Waals surface area contributed by atoms with Gasteiger partial charge in [-0.05, 0) is 25.1 Å². The van der Waals surface area contributed by atoms with E-state index in [0.29, 0.717) is 5.01 Å². The van der Waals surface area contributed by atoms with Gasteiger partial charge in [0.15, 0.2) is 5.54 Å². The Hall–Kier alpha value is -2.84. The second-order valence-corrected chi connectivity index (χ2v) is 7.29. The zero-order valence-corrected chi connectivity index (χ0v) is 15.0. The molecule has 26 heavy (non-hydrogen) atoms. The molecule has 9 heteroatoms. The smallest absolute Gasteiger partial charge is 0.344 e. The first-order chi connectivity index (χ1) is 12.4. The topological polar surface area (TPSA) is 91.7 Å². The van der Waals surface area contributed by atoms with Gasteiger partial charge in [-0.1, -0.05) is 29.8 Å². The van der Waals surface area contributed by atoms with Crippen LogP contribution in [0.1, 0.15) is 22.4 Å². The lowest BCUT2D eigenvalue weighted by molar-refractivity contribution is -0.133. The molecule has 1 aliphatic rings. The number of furan rings is 1. The number of hydrazine groups is 1. The van der Waals surface area contributed by atoms with Crippen LogP contribution in [0, 0.1) is 0 Å². The molecule has 0 spiro atoms. The van der Waals surface area contributed by atoms with Gasteiger partial charge < -0.3 is 9.73 Å². The summed E-state index contributed by atoms with van der Waals surface area (Å²) in [5, 5.41) is 4.19. The van der Waals surface area contributed by atoms with Crippen LogP contribution < -0.4 is 10.7 Å². The van der Waals surface area contributed by atoms with Crippen LogP contribution in [0.25, 0.3) is 10.1 Å². The van der Waals surface area contributed by atoms with E-state index in [4.69, 9.17) is 16.0 Å². The van der Waals surface area contributed by atoms with E-state index in [1.807, 2.05) is 18.2 Å². The Balaban J connectivity index is 1.62. The Morgan fingerprint density at radius 3 is 2.73 bits per heavy atom. The summed E-state index contributed by atoms with van der Waals surface area (Å²) in [6.07, 6.45) is 1.40. The molecule has 1 saturated heterocycles. The molecule has 0 aliphatic carbocycles. The molecular weight excluding hydrogens is 378 g/mol. The van der Waals surface area contributed by atoms with Crippen molar-refractivity contribution in [3.05, 3.63) is 58.3 Å². The van der Waals surface area contributed by atoms with Gasteiger partial charge in [-0.3, -0.25) is 15.0 Å². The number of hydrogen-bond acceptors (Lipinski definition) is 5. The van der Waals surface area contributed by atoms with Crippen LogP contribution in [-0.2, 0) is 10.3 Å². The van der Waals surface area contributed by atoms with Crippen LogP contribution in [0.3, 0.4) is 0 Å². The molecule has 1 aromatic carbocycles. The molecule has 0 radical (unpaired) electrons. The van der Waals surface area contributed by atoms with Gasteiger partial charge in [0.05, 0.1) is 11.3 Å². The third-order valence-corrected chi connectivity index (χ3v) is 5.83. The highest BCUT2D eigenvalue weighted by Gasteiger charge is 2.52. The molecule has 1 atom stereocenters. The number of nitrogens with zero attached hydrogens (tertiary/aromatic N) is 1. The number of halogens is 1. The molecule has 7 nitrogen and oxygen atoms in total. The maximum atomic E-state index is 12.7. The zero-order chi connectivity index (χ0) is 18.5. The van der Waals surface area contributed by atoms with Crippen molar-refractivity contribution in [1.29, 1.82) is 0 Å². The number of nitrogens with one attached hydrogen (secondary N) is 2. The Kier molecular flexibility index (Phi) is 3.74. The quantitative estimate of drug-likeness (QED) is 0.672. The van der Waals surface area contributed by atoms with Gasteiger partial charge in [-0.2, -0.15) is 5.01 Å². The number of hydrogen-bond donors (Lipinski definition) is 2. The summed E-state index contributed by atoms with van der Waals surface area (Å²) in [5.74, 6) is -1.01. The number of amides is 4. The van der Waals surface area contributed by atoms with E-state index < -0.39 is 23.4 Å². The van der Waals surface area contributed by atoms with Crippen LogP contribution in [0.5, 0.6) is 0 Å². The number of rotatable bonds is 3. The van der Waals surface area contributed by atoms with Crippen LogP contribution in [-0.4, -0.2) is 22.9 Å². The van der Waals surface area contributed by atoms with Crippen molar-refractivity contribution in [1.82, 2.24) is 15.8 Å². The molecule has 4 amide bonds. The number of fused-ring (bicyclic) bond motifs is 1. The SMILES string of the molecule is C[C@@]1(c2ccco2)NC(=O)N(NC(=O)c2sc3ccccc3c2Cl)C1=O. The lowest BCUT2D eigenvalue weighted by Gasteiger charge is -2.18. The van der Waals surface area contributed by atoms with E-state index in [2.05, 4.69) is 10.7 Å². The maximum absolute atomic E-state index is 12.7. The fourth-order valence-corrected chi connectivity index (χ4v) is 4.19. The molecule has 0 unspecified atom stereocenters. The van der Waals surface area contributed by atoms with Crippen LogP contribution in [0.2, 0.25) is 5.02 Å². The molecule has 1 fully saturated rings. The number of imide groups is 1. The predicted molar refractivity (Wildman–Crippen MR) is 95.7 cm³/mol. The largest absolute Gasteiger partial charge is 0.466 e. The molecule has 2 aromatic heterocycles. The Morgan fingerprint density at radius 2 is 2.04 bits per heavy atom. The first-order valence-electron chi connectivity index (χ1n) is 7.60. The van der Waals surface area contributed by atoms with E-state index in [9.17, 15) is 14.4 Å². The molecule has 3 heterocycles. The maximum Gasteiger partial charge on any atom is 0.344 e. The number of carbonyl (C=O) groups excluding carboxylic acids is 3. The van der Waals surface area contributed by atoms with Crippen LogP contribution >= 0.6 is 22.9 Å². The lowest BCUT2D eigenvalue weighted by atomic mass is 10.00. The normalized spacial score (nSPS) is 19.8. The summed E-state index contributed by atoms with van der Waals surface area (Å²) in [4.78, 5) is 37.7. The monoisotopic (exact) mass is 389 g/mol. The Labute approximate surface area is 156 Å². The van der Waals surface area contributed by atoms with Crippen molar-refractivity contribution >= 4 is 50.9 Å². The summed E-state index contributed by atoms with van der Waals surface area (Å²) in [7, 11) is 0. The van der Waals surface area contributed by atoms with Crippen LogP contribution in [0.15, 0.2) is 47.1 Å². The summed E-state index contributed by atoms with van der Waals surface area (Å²) < 4.78 is 6.08. The Morgan fingerprint density at radius 1 is 1.27 bits per heavy atom. The fourth-order valence-electron chi connectivity index (χ4n) is 2.78. The van der Waals surface area contributed by atoms with Gasteiger partial charge in [0.2, 0.25) is 0 Å². The standard InChI is InChI=1S/C17H12ClN3O4S/c1-17(11-7-4-8-25-11)15(23)21(16(24)19-17)20-14(22)13-12(18)9-5-2-3-6-10(9)26-13/h2-8H,1H3,(H,19,24)(H,20,22)/t17-/m0/s1. The summed E-state index contributed by atoms with van der Waals surface area (Å²) in [6, 6.07) is 9.72. The molecule has 0 saturated carbocycles. The van der Waals surface area contributed by atoms with Gasteiger partial charge >= 0.3 is 6.03 Å². The third-order valence-electron chi connectivity index (χ3n) is 4.16. The highest BCUT2D eigenvalue weighted by atomic mass is 35.5. The van der Waals surface area contributed by atoms with E-state index in [1.165, 1.54) is 24.5 Å². The van der Waals surface area contributed by atoms with Gasteiger partial charge in [0, 0.05) is 10.1 Å². The first kappa shape index (κ1) is 16.6. The minimum absolute atomic E-state index is 0.222. The van der Waals surface area contributed by atoms with E-state index in [1.54, 1.807) is 18.2 Å². The molecule has 132 valence electrons. The molecular formula is C17H12ClN3O4S. The average molecular weight is 390 g/mol. The number of carbonyl (C=O) groups is 3. The molecule has 0 bridgehead atoms. The van der Waals surface area contributed by atoms with Crippen molar-refractivity contribution in [3.63, 3.8) is 0 Å². The van der Waals surface area contributed by atoms with Gasteiger partial charge in [0.1, 0.15) is 10.6 Å². The van der Waals surface area contributed by atoms with Crippen molar-refractivity contribution < 1.29 is 18.8 Å². The summed E-state index contributed by atoms with van der Waals surface area (Å²) in [6.45, 7) is 1.50. The molecule has 4 rings (SSSR count). The van der Waals surface area contributed by atoms with E-state index >= 15 is 0 Å². The number of benzene rings is 1.